The SMILES string of the molecule is Br.Br.CCCCCCCCCCCC(CCOC(C)C(O)OCCC(CCCCCCCCCCC)N(C)CO)N(C)CO. The van der Waals surface area contributed by atoms with Crippen LogP contribution in [0.3, 0.4) is 0 Å². The summed E-state index contributed by atoms with van der Waals surface area (Å²) in [7, 11) is 3.92. The van der Waals surface area contributed by atoms with Crippen LogP contribution >= 0.6 is 34.0 Å². The molecule has 0 aromatic carbocycles. The summed E-state index contributed by atoms with van der Waals surface area (Å²) in [5.41, 5.74) is 0. The quantitative estimate of drug-likeness (QED) is 0.0455. The second-order valence-corrected chi connectivity index (χ2v) is 12.8. The topological polar surface area (TPSA) is 85.6 Å². The number of aliphatic hydroxyl groups excluding tert-OH is 3. The van der Waals surface area contributed by atoms with Crippen LogP contribution in [0.2, 0.25) is 0 Å². The molecular formula is C35H76Br2N2O5. The van der Waals surface area contributed by atoms with E-state index >= 15 is 0 Å². The van der Waals surface area contributed by atoms with Crippen LogP contribution in [-0.4, -0.2) is 90.4 Å². The summed E-state index contributed by atoms with van der Waals surface area (Å²) in [6, 6.07) is 0.527. The molecule has 0 radical (unpaired) electrons. The first-order valence-corrected chi connectivity index (χ1v) is 17.9. The summed E-state index contributed by atoms with van der Waals surface area (Å²) in [4.78, 5) is 3.98. The van der Waals surface area contributed by atoms with Crippen LogP contribution in [0, 0.1) is 0 Å². The molecule has 0 aliphatic carbocycles. The number of ether oxygens (including phenoxy) is 2. The van der Waals surface area contributed by atoms with Gasteiger partial charge in [-0.1, -0.05) is 129 Å². The van der Waals surface area contributed by atoms with Gasteiger partial charge in [0.15, 0.2) is 6.29 Å². The number of nitrogens with zero attached hydrogens (tertiary/aromatic N) is 2. The molecule has 0 spiro atoms. The first-order chi connectivity index (χ1) is 20.4. The minimum atomic E-state index is -0.968. The van der Waals surface area contributed by atoms with Gasteiger partial charge in [0.1, 0.15) is 6.10 Å². The Morgan fingerprint density at radius 3 is 1.16 bits per heavy atom. The van der Waals surface area contributed by atoms with E-state index in [1.54, 1.807) is 0 Å². The van der Waals surface area contributed by atoms with E-state index in [1.807, 2.05) is 30.8 Å². The van der Waals surface area contributed by atoms with Gasteiger partial charge in [0.05, 0.1) is 20.1 Å². The molecule has 0 saturated carbocycles. The molecule has 4 unspecified atom stereocenters. The summed E-state index contributed by atoms with van der Waals surface area (Å²) in [5.74, 6) is 0. The van der Waals surface area contributed by atoms with E-state index in [4.69, 9.17) is 9.47 Å². The van der Waals surface area contributed by atoms with Gasteiger partial charge in [0, 0.05) is 18.7 Å². The largest absolute Gasteiger partial charge is 0.381 e. The van der Waals surface area contributed by atoms with Crippen LogP contribution in [0.25, 0.3) is 0 Å². The highest BCUT2D eigenvalue weighted by molar-refractivity contribution is 8.93. The Balaban J connectivity index is -0.00000840. The number of halogens is 2. The lowest BCUT2D eigenvalue weighted by atomic mass is 10.0. The van der Waals surface area contributed by atoms with Gasteiger partial charge < -0.3 is 24.8 Å². The fraction of sp³-hybridized carbons (Fsp3) is 1.00. The van der Waals surface area contributed by atoms with Gasteiger partial charge in [-0.3, -0.25) is 9.80 Å². The van der Waals surface area contributed by atoms with Crippen molar-refractivity contribution in [3.8, 4) is 0 Å². The van der Waals surface area contributed by atoms with E-state index in [-0.39, 0.29) is 59.5 Å². The van der Waals surface area contributed by atoms with Crippen LogP contribution in [0.1, 0.15) is 162 Å². The number of unbranched alkanes of at least 4 members (excludes halogenated alkanes) is 16. The average molecular weight is 765 g/mol. The van der Waals surface area contributed by atoms with E-state index in [2.05, 4.69) is 13.8 Å². The first kappa shape index (κ1) is 49.1. The summed E-state index contributed by atoms with van der Waals surface area (Å²) < 4.78 is 11.7. The highest BCUT2D eigenvalue weighted by Gasteiger charge is 2.20. The number of hydrogen-bond acceptors (Lipinski definition) is 7. The van der Waals surface area contributed by atoms with Crippen molar-refractivity contribution in [2.75, 3.05) is 40.8 Å². The maximum absolute atomic E-state index is 10.5. The zero-order chi connectivity index (χ0) is 31.3. The van der Waals surface area contributed by atoms with E-state index in [0.717, 1.165) is 32.1 Å². The van der Waals surface area contributed by atoms with Crippen molar-refractivity contribution in [1.29, 1.82) is 0 Å². The highest BCUT2D eigenvalue weighted by atomic mass is 79.9. The van der Waals surface area contributed by atoms with Crippen molar-refractivity contribution < 1.29 is 24.8 Å². The van der Waals surface area contributed by atoms with Gasteiger partial charge >= 0.3 is 0 Å². The Morgan fingerprint density at radius 2 is 0.818 bits per heavy atom. The zero-order valence-corrected chi connectivity index (χ0v) is 33.0. The Hall–Kier alpha value is 0.680. The lowest BCUT2D eigenvalue weighted by Crippen LogP contribution is -2.36. The first-order valence-electron chi connectivity index (χ1n) is 17.9. The maximum Gasteiger partial charge on any atom is 0.180 e. The molecule has 7 nitrogen and oxygen atoms in total. The molecule has 0 amide bonds. The van der Waals surface area contributed by atoms with E-state index < -0.39 is 12.4 Å². The Labute approximate surface area is 294 Å². The lowest BCUT2D eigenvalue weighted by Gasteiger charge is -2.28. The van der Waals surface area contributed by atoms with Gasteiger partial charge in [0.25, 0.3) is 0 Å². The summed E-state index contributed by atoms with van der Waals surface area (Å²) in [6.45, 7) is 7.43. The molecule has 0 heterocycles. The summed E-state index contributed by atoms with van der Waals surface area (Å²) in [6.07, 6.45) is 25.9. The van der Waals surface area contributed by atoms with Crippen molar-refractivity contribution in [2.24, 2.45) is 0 Å². The second-order valence-electron chi connectivity index (χ2n) is 12.8. The lowest BCUT2D eigenvalue weighted by molar-refractivity contribution is -0.176. The summed E-state index contributed by atoms with van der Waals surface area (Å²) in [5, 5.41) is 29.9. The standard InChI is InChI=1S/C35H74N2O5.2BrH/c1-6-8-10-12-14-16-18-20-22-24-33(36(4)30-38)26-28-41-32(3)35(40)42-29-27-34(37(5)31-39)25-23-21-19-17-15-13-11-9-7-2;;/h32-35,38-40H,6-31H2,1-5H3;2*1H. The molecule has 0 aromatic heterocycles. The Morgan fingerprint density at radius 1 is 0.500 bits per heavy atom. The molecule has 0 saturated heterocycles. The molecule has 0 rings (SSSR count). The van der Waals surface area contributed by atoms with Crippen LogP contribution in [0.4, 0.5) is 0 Å². The molecule has 0 aromatic rings. The monoisotopic (exact) mass is 762 g/mol. The normalized spacial score (nSPS) is 14.3. The van der Waals surface area contributed by atoms with Crippen molar-refractivity contribution in [3.05, 3.63) is 0 Å². The highest BCUT2D eigenvalue weighted by Crippen LogP contribution is 2.17. The van der Waals surface area contributed by atoms with Gasteiger partial charge in [-0.2, -0.15) is 0 Å². The third kappa shape index (κ3) is 28.9. The number of rotatable bonds is 33. The minimum Gasteiger partial charge on any atom is -0.381 e. The minimum absolute atomic E-state index is 0. The van der Waals surface area contributed by atoms with Gasteiger partial charge in [-0.05, 0) is 46.7 Å². The third-order valence-corrected chi connectivity index (χ3v) is 8.95. The molecule has 0 aliphatic heterocycles. The average Bonchev–Trinajstić information content (AvgIpc) is 3.00. The van der Waals surface area contributed by atoms with Crippen molar-refractivity contribution in [3.63, 3.8) is 0 Å². The molecule has 9 heteroatoms. The molecule has 270 valence electrons. The summed E-state index contributed by atoms with van der Waals surface area (Å²) >= 11 is 0. The van der Waals surface area contributed by atoms with Crippen LogP contribution < -0.4 is 0 Å². The van der Waals surface area contributed by atoms with E-state index in [1.165, 1.54) is 109 Å². The van der Waals surface area contributed by atoms with Crippen molar-refractivity contribution >= 4 is 34.0 Å². The molecule has 44 heavy (non-hydrogen) atoms. The van der Waals surface area contributed by atoms with Gasteiger partial charge in [-0.25, -0.2) is 0 Å². The maximum atomic E-state index is 10.5. The Bertz CT molecular complexity index is 507. The fourth-order valence-electron chi connectivity index (χ4n) is 5.72. The molecule has 4 atom stereocenters. The van der Waals surface area contributed by atoms with Crippen LogP contribution in [0.5, 0.6) is 0 Å². The Kier molecular flexibility index (Phi) is 40.7. The zero-order valence-electron chi connectivity index (χ0n) is 29.6. The van der Waals surface area contributed by atoms with Crippen molar-refractivity contribution in [2.45, 2.75) is 187 Å². The predicted octanol–water partition coefficient (Wildman–Crippen LogP) is 9.00. The molecule has 3 N–H and O–H groups in total. The molecule has 0 fully saturated rings. The van der Waals surface area contributed by atoms with Gasteiger partial charge in [-0.15, -0.1) is 34.0 Å². The predicted molar refractivity (Wildman–Crippen MR) is 198 cm³/mol. The molecule has 0 bridgehead atoms. The second kappa shape index (κ2) is 36.5. The fourth-order valence-corrected chi connectivity index (χ4v) is 5.72. The smallest absolute Gasteiger partial charge is 0.180 e. The van der Waals surface area contributed by atoms with Gasteiger partial charge in [0.2, 0.25) is 0 Å². The third-order valence-electron chi connectivity index (χ3n) is 8.95. The van der Waals surface area contributed by atoms with Crippen LogP contribution in [-0.2, 0) is 9.47 Å². The number of hydrogen-bond donors (Lipinski definition) is 3. The van der Waals surface area contributed by atoms with Crippen molar-refractivity contribution in [1.82, 2.24) is 9.80 Å². The van der Waals surface area contributed by atoms with E-state index in [0.29, 0.717) is 13.2 Å². The molecular weight excluding hydrogens is 688 g/mol. The van der Waals surface area contributed by atoms with E-state index in [9.17, 15) is 15.3 Å². The number of aliphatic hydroxyl groups is 3. The molecule has 0 aliphatic rings. The van der Waals surface area contributed by atoms with Crippen LogP contribution in [0.15, 0.2) is 0 Å².